The van der Waals surface area contributed by atoms with Crippen molar-refractivity contribution in [3.63, 3.8) is 0 Å². The fourth-order valence-electron chi connectivity index (χ4n) is 1.97. The van der Waals surface area contributed by atoms with Gasteiger partial charge in [-0.1, -0.05) is 12.1 Å². The summed E-state index contributed by atoms with van der Waals surface area (Å²) >= 11 is 0. The molecule has 0 unspecified atom stereocenters. The Kier molecular flexibility index (Phi) is 3.80. The van der Waals surface area contributed by atoms with Crippen LogP contribution in [0.4, 0.5) is 10.5 Å². The van der Waals surface area contributed by atoms with E-state index < -0.39 is 11.7 Å². The van der Waals surface area contributed by atoms with Crippen LogP contribution in [0.2, 0.25) is 0 Å². The van der Waals surface area contributed by atoms with Crippen molar-refractivity contribution in [1.82, 2.24) is 5.32 Å². The van der Waals surface area contributed by atoms with E-state index in [-0.39, 0.29) is 0 Å². The highest BCUT2D eigenvalue weighted by Crippen LogP contribution is 2.25. The van der Waals surface area contributed by atoms with E-state index in [1.165, 1.54) is 5.56 Å². The van der Waals surface area contributed by atoms with E-state index in [0.717, 1.165) is 24.3 Å². The number of aryl methyl sites for hydroxylation is 1. The van der Waals surface area contributed by atoms with Gasteiger partial charge in [0, 0.05) is 24.7 Å². The lowest BCUT2D eigenvalue weighted by atomic mass is 9.92. The van der Waals surface area contributed by atoms with Crippen LogP contribution in [0.15, 0.2) is 18.2 Å². The first kappa shape index (κ1) is 13.9. The predicted molar refractivity (Wildman–Crippen MR) is 76.6 cm³/mol. The summed E-state index contributed by atoms with van der Waals surface area (Å²) in [7, 11) is 0. The first-order chi connectivity index (χ1) is 8.85. The number of hydrogen-bond donors (Lipinski definition) is 2. The van der Waals surface area contributed by atoms with Gasteiger partial charge in [-0.25, -0.2) is 4.79 Å². The summed E-state index contributed by atoms with van der Waals surface area (Å²) in [6.45, 7) is 9.57. The van der Waals surface area contributed by atoms with E-state index in [1.807, 2.05) is 39.8 Å². The Hall–Kier alpha value is -1.55. The summed E-state index contributed by atoms with van der Waals surface area (Å²) in [5.74, 6) is 0.555. The number of nitrogens with one attached hydrogen (secondary N) is 2. The molecule has 1 aliphatic rings. The van der Waals surface area contributed by atoms with Crippen molar-refractivity contribution in [2.24, 2.45) is 0 Å². The Morgan fingerprint density at radius 2 is 2.05 bits per heavy atom. The van der Waals surface area contributed by atoms with Crippen molar-refractivity contribution in [1.29, 1.82) is 0 Å². The lowest BCUT2D eigenvalue weighted by Gasteiger charge is -2.28. The molecule has 1 saturated heterocycles. The maximum absolute atomic E-state index is 11.8. The highest BCUT2D eigenvalue weighted by atomic mass is 16.6. The van der Waals surface area contributed by atoms with Crippen molar-refractivity contribution in [3.8, 4) is 0 Å². The van der Waals surface area contributed by atoms with Crippen LogP contribution in [0.1, 0.15) is 37.8 Å². The molecule has 1 fully saturated rings. The van der Waals surface area contributed by atoms with Gasteiger partial charge < -0.3 is 10.1 Å². The van der Waals surface area contributed by atoms with Crippen LogP contribution in [-0.2, 0) is 4.74 Å². The van der Waals surface area contributed by atoms with Crippen LogP contribution >= 0.6 is 0 Å². The molecule has 1 aromatic rings. The number of benzene rings is 1. The lowest BCUT2D eigenvalue weighted by Crippen LogP contribution is -2.39. The molecular weight excluding hydrogens is 240 g/mol. The summed E-state index contributed by atoms with van der Waals surface area (Å²) < 4.78 is 5.27. The third-order valence-corrected chi connectivity index (χ3v) is 3.15. The molecule has 0 bridgehead atoms. The van der Waals surface area contributed by atoms with Crippen LogP contribution in [0, 0.1) is 6.92 Å². The van der Waals surface area contributed by atoms with Gasteiger partial charge in [0.1, 0.15) is 5.60 Å². The Labute approximate surface area is 114 Å². The molecular formula is C15H22N2O2. The van der Waals surface area contributed by atoms with Crippen LogP contribution in [0.3, 0.4) is 0 Å². The topological polar surface area (TPSA) is 50.4 Å². The highest BCUT2D eigenvalue weighted by molar-refractivity contribution is 5.86. The van der Waals surface area contributed by atoms with Crippen molar-refractivity contribution < 1.29 is 9.53 Å². The molecule has 104 valence electrons. The molecule has 0 aromatic heterocycles. The van der Waals surface area contributed by atoms with Crippen molar-refractivity contribution in [3.05, 3.63) is 29.3 Å². The number of anilines is 1. The number of ether oxygens (including phenoxy) is 1. The van der Waals surface area contributed by atoms with E-state index in [4.69, 9.17) is 4.74 Å². The molecule has 0 atom stereocenters. The fraction of sp³-hybridized carbons (Fsp3) is 0.533. The van der Waals surface area contributed by atoms with Gasteiger partial charge in [-0.3, -0.25) is 5.32 Å². The highest BCUT2D eigenvalue weighted by Gasteiger charge is 2.21. The predicted octanol–water partition coefficient (Wildman–Crippen LogP) is 3.03. The fourth-order valence-corrected chi connectivity index (χ4v) is 1.97. The summed E-state index contributed by atoms with van der Waals surface area (Å²) in [6, 6.07) is 6.21. The normalized spacial score (nSPS) is 15.8. The van der Waals surface area contributed by atoms with Gasteiger partial charge in [0.2, 0.25) is 0 Å². The van der Waals surface area contributed by atoms with Crippen molar-refractivity contribution in [2.45, 2.75) is 39.2 Å². The minimum atomic E-state index is -0.479. The van der Waals surface area contributed by atoms with Gasteiger partial charge in [0.25, 0.3) is 0 Å². The molecule has 0 spiro atoms. The summed E-state index contributed by atoms with van der Waals surface area (Å²) in [6.07, 6.45) is -0.403. The quantitative estimate of drug-likeness (QED) is 0.861. The third kappa shape index (κ3) is 3.70. The second-order valence-corrected chi connectivity index (χ2v) is 6.06. The van der Waals surface area contributed by atoms with Crippen molar-refractivity contribution >= 4 is 11.8 Å². The first-order valence-corrected chi connectivity index (χ1v) is 6.66. The standard InChI is InChI=1S/C15H22N2O2/c1-10-5-6-11(12-8-16-9-12)7-13(10)17-14(18)19-15(2,3)4/h5-7,12,16H,8-9H2,1-4H3,(H,17,18). The van der Waals surface area contributed by atoms with Crippen LogP contribution in [0.5, 0.6) is 0 Å². The monoisotopic (exact) mass is 262 g/mol. The molecule has 4 nitrogen and oxygen atoms in total. The largest absolute Gasteiger partial charge is 0.444 e. The second-order valence-electron chi connectivity index (χ2n) is 6.06. The van der Waals surface area contributed by atoms with Crippen LogP contribution in [-0.4, -0.2) is 24.8 Å². The number of carbonyl (C=O) groups is 1. The summed E-state index contributed by atoms with van der Waals surface area (Å²) in [5.41, 5.74) is 2.66. The Morgan fingerprint density at radius 3 is 2.58 bits per heavy atom. The lowest BCUT2D eigenvalue weighted by molar-refractivity contribution is 0.0636. The van der Waals surface area contributed by atoms with Crippen LogP contribution in [0.25, 0.3) is 0 Å². The molecule has 2 rings (SSSR count). The van der Waals surface area contributed by atoms with E-state index >= 15 is 0 Å². The molecule has 19 heavy (non-hydrogen) atoms. The SMILES string of the molecule is Cc1ccc(C2CNC2)cc1NC(=O)OC(C)(C)C. The van der Waals surface area contributed by atoms with E-state index in [2.05, 4.69) is 16.7 Å². The minimum Gasteiger partial charge on any atom is -0.444 e. The first-order valence-electron chi connectivity index (χ1n) is 6.66. The average Bonchev–Trinajstić information content (AvgIpc) is 2.17. The van der Waals surface area contributed by atoms with E-state index in [1.54, 1.807) is 0 Å². The van der Waals surface area contributed by atoms with Gasteiger partial charge in [0.15, 0.2) is 0 Å². The zero-order valence-corrected chi connectivity index (χ0v) is 12.0. The van der Waals surface area contributed by atoms with E-state index in [9.17, 15) is 4.79 Å². The summed E-state index contributed by atoms with van der Waals surface area (Å²) in [5, 5.41) is 6.08. The number of carbonyl (C=O) groups excluding carboxylic acids is 1. The number of hydrogen-bond acceptors (Lipinski definition) is 3. The molecule has 0 radical (unpaired) electrons. The van der Waals surface area contributed by atoms with Crippen LogP contribution < -0.4 is 10.6 Å². The van der Waals surface area contributed by atoms with E-state index in [0.29, 0.717) is 5.92 Å². The Bertz CT molecular complexity index is 474. The maximum atomic E-state index is 11.8. The smallest absolute Gasteiger partial charge is 0.412 e. The molecule has 1 aliphatic heterocycles. The van der Waals surface area contributed by atoms with Gasteiger partial charge in [-0.2, -0.15) is 0 Å². The minimum absolute atomic E-state index is 0.403. The van der Waals surface area contributed by atoms with Crippen molar-refractivity contribution in [2.75, 3.05) is 18.4 Å². The molecule has 4 heteroatoms. The molecule has 0 saturated carbocycles. The second kappa shape index (κ2) is 5.21. The Morgan fingerprint density at radius 1 is 1.37 bits per heavy atom. The summed E-state index contributed by atoms with van der Waals surface area (Å²) in [4.78, 5) is 11.8. The maximum Gasteiger partial charge on any atom is 0.412 e. The van der Waals surface area contributed by atoms with Gasteiger partial charge >= 0.3 is 6.09 Å². The number of rotatable bonds is 2. The van der Waals surface area contributed by atoms with Gasteiger partial charge in [0.05, 0.1) is 0 Å². The average molecular weight is 262 g/mol. The molecule has 1 amide bonds. The molecule has 0 aliphatic carbocycles. The van der Waals surface area contributed by atoms with Gasteiger partial charge in [-0.05, 0) is 44.9 Å². The third-order valence-electron chi connectivity index (χ3n) is 3.15. The zero-order valence-electron chi connectivity index (χ0n) is 12.0. The molecule has 1 heterocycles. The number of amides is 1. The molecule has 2 N–H and O–H groups in total. The molecule has 1 aromatic carbocycles. The Balaban J connectivity index is 2.08. The zero-order chi connectivity index (χ0) is 14.0. The van der Waals surface area contributed by atoms with Gasteiger partial charge in [-0.15, -0.1) is 0 Å².